The molecule has 0 amide bonds. The highest BCUT2D eigenvalue weighted by Crippen LogP contribution is 2.02. The molecule has 0 radical (unpaired) electrons. The zero-order chi connectivity index (χ0) is 15.3. The van der Waals surface area contributed by atoms with Gasteiger partial charge in [-0.05, 0) is 49.2 Å². The van der Waals surface area contributed by atoms with Crippen molar-refractivity contribution in [1.82, 2.24) is 0 Å². The highest BCUT2D eigenvalue weighted by atomic mass is 14.7. The van der Waals surface area contributed by atoms with Crippen LogP contribution in [-0.4, -0.2) is 12.4 Å². The van der Waals surface area contributed by atoms with Gasteiger partial charge >= 0.3 is 0 Å². The Morgan fingerprint density at radius 2 is 1.00 bits per heavy atom. The molecule has 0 atom stereocenters. The number of benzene rings is 2. The highest BCUT2D eigenvalue weighted by Gasteiger charge is 1.89. The minimum atomic E-state index is 0.791. The van der Waals surface area contributed by atoms with Gasteiger partial charge in [-0.1, -0.05) is 60.7 Å². The van der Waals surface area contributed by atoms with Crippen LogP contribution in [0.3, 0.4) is 0 Å². The first kappa shape index (κ1) is 16.2. The zero-order valence-electron chi connectivity index (χ0n) is 13.1. The van der Waals surface area contributed by atoms with Crippen LogP contribution in [0, 0.1) is 0 Å². The van der Waals surface area contributed by atoms with E-state index in [2.05, 4.69) is 58.5 Å². The molecule has 2 heteroatoms. The van der Waals surface area contributed by atoms with Crippen molar-refractivity contribution in [2.24, 2.45) is 9.98 Å². The van der Waals surface area contributed by atoms with Crippen LogP contribution in [0.5, 0.6) is 0 Å². The van der Waals surface area contributed by atoms with Gasteiger partial charge in [0, 0.05) is 0 Å². The average molecular weight is 292 g/mol. The fourth-order valence-corrected chi connectivity index (χ4v) is 2.16. The monoisotopic (exact) mass is 292 g/mol. The molecule has 0 spiro atoms. The third-order valence-electron chi connectivity index (χ3n) is 3.41. The van der Waals surface area contributed by atoms with Crippen molar-refractivity contribution in [2.45, 2.75) is 38.8 Å². The minimum Gasteiger partial charge on any atom is -0.293 e. The molecule has 0 saturated heterocycles. The number of hydrogen-bond acceptors (Lipinski definition) is 2. The lowest BCUT2D eigenvalue weighted by Gasteiger charge is -1.96. The molecular weight excluding hydrogens is 268 g/mol. The van der Waals surface area contributed by atoms with E-state index >= 15 is 0 Å². The van der Waals surface area contributed by atoms with E-state index in [1.54, 1.807) is 0 Å². The Balaban J connectivity index is 1.49. The first-order valence-electron chi connectivity index (χ1n) is 7.99. The van der Waals surface area contributed by atoms with Gasteiger partial charge in [0.1, 0.15) is 0 Å². The van der Waals surface area contributed by atoms with Crippen molar-refractivity contribution in [3.05, 3.63) is 71.8 Å². The second kappa shape index (κ2) is 10.5. The highest BCUT2D eigenvalue weighted by molar-refractivity contribution is 5.58. The maximum absolute atomic E-state index is 4.46. The van der Waals surface area contributed by atoms with Gasteiger partial charge in [-0.3, -0.25) is 9.98 Å². The molecule has 0 aliphatic carbocycles. The van der Waals surface area contributed by atoms with E-state index in [0.717, 1.165) is 25.9 Å². The molecule has 2 aromatic carbocycles. The second-order valence-electron chi connectivity index (χ2n) is 5.30. The van der Waals surface area contributed by atoms with E-state index in [4.69, 9.17) is 0 Å². The summed E-state index contributed by atoms with van der Waals surface area (Å²) in [7, 11) is 0. The topological polar surface area (TPSA) is 24.7 Å². The van der Waals surface area contributed by atoms with E-state index in [1.165, 1.54) is 24.0 Å². The van der Waals surface area contributed by atoms with Crippen LogP contribution in [0.2, 0.25) is 0 Å². The molecule has 0 bridgehead atoms. The van der Waals surface area contributed by atoms with Crippen molar-refractivity contribution in [3.63, 3.8) is 0 Å². The number of nitrogens with zero attached hydrogens (tertiary/aromatic N) is 2. The van der Waals surface area contributed by atoms with Crippen molar-refractivity contribution < 1.29 is 0 Å². The van der Waals surface area contributed by atoms with Gasteiger partial charge in [0.2, 0.25) is 0 Å². The Morgan fingerprint density at radius 1 is 0.591 bits per heavy atom. The smallest absolute Gasteiger partial charge is 0.0635 e. The molecule has 0 saturated carbocycles. The van der Waals surface area contributed by atoms with Crippen LogP contribution in [0.1, 0.15) is 36.8 Å². The number of hydrogen-bond donors (Lipinski definition) is 0. The third-order valence-corrected chi connectivity index (χ3v) is 3.41. The SMILES string of the molecule is C(CCCCC=NCc1ccccc1)=NCc1ccccc1. The molecule has 0 N–H and O–H groups in total. The summed E-state index contributed by atoms with van der Waals surface area (Å²) in [5.74, 6) is 0. The molecule has 0 aromatic heterocycles. The summed E-state index contributed by atoms with van der Waals surface area (Å²) in [5.41, 5.74) is 2.54. The van der Waals surface area contributed by atoms with Crippen LogP contribution in [0.4, 0.5) is 0 Å². The van der Waals surface area contributed by atoms with Gasteiger partial charge in [0.25, 0.3) is 0 Å². The summed E-state index contributed by atoms with van der Waals surface area (Å²) in [4.78, 5) is 8.91. The van der Waals surface area contributed by atoms with E-state index in [0.29, 0.717) is 0 Å². The normalized spacial score (nSPS) is 11.5. The molecule has 0 fully saturated rings. The Morgan fingerprint density at radius 3 is 1.41 bits per heavy atom. The summed E-state index contributed by atoms with van der Waals surface area (Å²) >= 11 is 0. The van der Waals surface area contributed by atoms with Crippen molar-refractivity contribution in [3.8, 4) is 0 Å². The van der Waals surface area contributed by atoms with E-state index in [-0.39, 0.29) is 0 Å². The zero-order valence-corrected chi connectivity index (χ0v) is 13.1. The van der Waals surface area contributed by atoms with Gasteiger partial charge in [-0.15, -0.1) is 0 Å². The molecule has 0 unspecified atom stereocenters. The molecule has 0 aliphatic rings. The molecule has 2 nitrogen and oxygen atoms in total. The fraction of sp³-hybridized carbons (Fsp3) is 0.300. The van der Waals surface area contributed by atoms with Gasteiger partial charge in [0.15, 0.2) is 0 Å². The quantitative estimate of drug-likeness (QED) is 0.454. The van der Waals surface area contributed by atoms with E-state index < -0.39 is 0 Å². The van der Waals surface area contributed by atoms with Crippen LogP contribution < -0.4 is 0 Å². The summed E-state index contributed by atoms with van der Waals surface area (Å²) in [5, 5.41) is 0. The predicted molar refractivity (Wildman–Crippen MR) is 95.7 cm³/mol. The number of aliphatic imine (C=N–C) groups is 2. The number of rotatable bonds is 9. The first-order valence-corrected chi connectivity index (χ1v) is 7.99. The van der Waals surface area contributed by atoms with Gasteiger partial charge in [0.05, 0.1) is 13.1 Å². The largest absolute Gasteiger partial charge is 0.293 e. The Bertz CT molecular complexity index is 505. The molecule has 2 rings (SSSR count). The fourth-order valence-electron chi connectivity index (χ4n) is 2.16. The van der Waals surface area contributed by atoms with Crippen LogP contribution >= 0.6 is 0 Å². The summed E-state index contributed by atoms with van der Waals surface area (Å²) < 4.78 is 0. The predicted octanol–water partition coefficient (Wildman–Crippen LogP) is 5.09. The Labute approximate surface area is 133 Å². The first-order chi connectivity index (χ1) is 10.9. The summed E-state index contributed by atoms with van der Waals surface area (Å²) in [6.07, 6.45) is 8.56. The molecule has 114 valence electrons. The van der Waals surface area contributed by atoms with Crippen molar-refractivity contribution in [1.29, 1.82) is 0 Å². The van der Waals surface area contributed by atoms with Crippen LogP contribution in [-0.2, 0) is 13.1 Å². The standard InChI is InChI=1S/C20H24N2/c1(9-15-21-17-19-11-5-3-6-12-19)2-10-16-22-18-20-13-7-4-8-14-20/h3-8,11-16H,1-2,9-10,17-18H2. The van der Waals surface area contributed by atoms with Gasteiger partial charge < -0.3 is 0 Å². The van der Waals surface area contributed by atoms with Gasteiger partial charge in [-0.2, -0.15) is 0 Å². The Kier molecular flexibility index (Phi) is 7.71. The molecule has 0 aliphatic heterocycles. The molecule has 22 heavy (non-hydrogen) atoms. The average Bonchev–Trinajstić information content (AvgIpc) is 2.58. The van der Waals surface area contributed by atoms with E-state index in [9.17, 15) is 0 Å². The van der Waals surface area contributed by atoms with Crippen LogP contribution in [0.25, 0.3) is 0 Å². The lowest BCUT2D eigenvalue weighted by Crippen LogP contribution is -1.85. The van der Waals surface area contributed by atoms with Gasteiger partial charge in [-0.25, -0.2) is 0 Å². The second-order valence-corrected chi connectivity index (χ2v) is 5.30. The van der Waals surface area contributed by atoms with Crippen molar-refractivity contribution >= 4 is 12.4 Å². The van der Waals surface area contributed by atoms with Crippen LogP contribution in [0.15, 0.2) is 70.6 Å². The molecule has 2 aromatic rings. The Hall–Kier alpha value is -2.22. The summed E-state index contributed by atoms with van der Waals surface area (Å²) in [6.45, 7) is 1.58. The molecule has 0 heterocycles. The molecular formula is C20H24N2. The lowest BCUT2D eigenvalue weighted by atomic mass is 10.2. The van der Waals surface area contributed by atoms with Crippen molar-refractivity contribution in [2.75, 3.05) is 0 Å². The van der Waals surface area contributed by atoms with E-state index in [1.807, 2.05) is 24.6 Å². The summed E-state index contributed by atoms with van der Waals surface area (Å²) in [6, 6.07) is 20.7. The third kappa shape index (κ3) is 6.98. The minimum absolute atomic E-state index is 0.791. The number of unbranched alkanes of at least 4 members (excludes halogenated alkanes) is 3. The lowest BCUT2D eigenvalue weighted by molar-refractivity contribution is 0.801. The maximum Gasteiger partial charge on any atom is 0.0635 e. The maximum atomic E-state index is 4.46.